The summed E-state index contributed by atoms with van der Waals surface area (Å²) >= 11 is 0. The Morgan fingerprint density at radius 3 is 3.00 bits per heavy atom. The van der Waals surface area contributed by atoms with Crippen LogP contribution in [0.2, 0.25) is 0 Å². The lowest BCUT2D eigenvalue weighted by Gasteiger charge is -2.31. The Morgan fingerprint density at radius 1 is 1.15 bits per heavy atom. The predicted octanol–water partition coefficient (Wildman–Crippen LogP) is 0.909. The summed E-state index contributed by atoms with van der Waals surface area (Å²) in [5.41, 5.74) is 0. The number of aliphatic hydroxyl groups excluding tert-OH is 1. The molecule has 1 saturated carbocycles. The van der Waals surface area contributed by atoms with Crippen LogP contribution in [0.4, 0.5) is 0 Å². The second kappa shape index (κ2) is 2.94. The minimum atomic E-state index is -0.143. The number of hydrogen-bond donors (Lipinski definition) is 1. The van der Waals surface area contributed by atoms with Gasteiger partial charge in [0, 0.05) is 11.8 Å². The SMILES string of the molecule is O[C@H]1CCC[C@H]2O[C@@H]3OCC[C@@H]3[C@@H]12. The van der Waals surface area contributed by atoms with E-state index in [0.717, 1.165) is 32.3 Å². The van der Waals surface area contributed by atoms with Crippen LogP contribution < -0.4 is 0 Å². The fraction of sp³-hybridized carbons (Fsp3) is 1.00. The van der Waals surface area contributed by atoms with Crippen molar-refractivity contribution in [1.29, 1.82) is 0 Å². The first-order valence-electron chi connectivity index (χ1n) is 5.31. The fourth-order valence-electron chi connectivity index (χ4n) is 3.15. The lowest BCUT2D eigenvalue weighted by Crippen LogP contribution is -2.36. The van der Waals surface area contributed by atoms with Crippen LogP contribution in [0, 0.1) is 11.8 Å². The van der Waals surface area contributed by atoms with Crippen molar-refractivity contribution in [2.24, 2.45) is 11.8 Å². The van der Waals surface area contributed by atoms with Crippen molar-refractivity contribution in [3.8, 4) is 0 Å². The molecule has 0 unspecified atom stereocenters. The molecule has 1 aliphatic carbocycles. The summed E-state index contributed by atoms with van der Waals surface area (Å²) in [6.07, 6.45) is 4.37. The van der Waals surface area contributed by atoms with Crippen LogP contribution >= 0.6 is 0 Å². The van der Waals surface area contributed by atoms with E-state index >= 15 is 0 Å². The van der Waals surface area contributed by atoms with Gasteiger partial charge < -0.3 is 14.6 Å². The molecule has 2 saturated heterocycles. The van der Waals surface area contributed by atoms with E-state index in [1.165, 1.54) is 0 Å². The maximum Gasteiger partial charge on any atom is 0.161 e. The molecule has 0 aromatic carbocycles. The quantitative estimate of drug-likeness (QED) is 0.608. The first kappa shape index (κ1) is 8.21. The van der Waals surface area contributed by atoms with Gasteiger partial charge in [-0.3, -0.25) is 0 Å². The van der Waals surface area contributed by atoms with Crippen LogP contribution in [0.3, 0.4) is 0 Å². The van der Waals surface area contributed by atoms with E-state index in [4.69, 9.17) is 9.47 Å². The molecule has 0 aromatic heterocycles. The molecule has 3 nitrogen and oxygen atoms in total. The van der Waals surface area contributed by atoms with E-state index in [-0.39, 0.29) is 18.5 Å². The van der Waals surface area contributed by atoms with Crippen LogP contribution in [-0.2, 0) is 9.47 Å². The fourth-order valence-corrected chi connectivity index (χ4v) is 3.15. The van der Waals surface area contributed by atoms with Crippen LogP contribution in [0.5, 0.6) is 0 Å². The molecule has 0 spiro atoms. The molecular formula is C10H16O3. The van der Waals surface area contributed by atoms with Gasteiger partial charge in [-0.1, -0.05) is 0 Å². The van der Waals surface area contributed by atoms with Crippen LogP contribution in [0.15, 0.2) is 0 Å². The summed E-state index contributed by atoms with van der Waals surface area (Å²) in [6, 6.07) is 0. The van der Waals surface area contributed by atoms with Crippen molar-refractivity contribution < 1.29 is 14.6 Å². The highest BCUT2D eigenvalue weighted by molar-refractivity contribution is 4.95. The highest BCUT2D eigenvalue weighted by atomic mass is 16.7. The minimum Gasteiger partial charge on any atom is -0.393 e. The third-order valence-electron chi connectivity index (χ3n) is 3.75. The summed E-state index contributed by atoms with van der Waals surface area (Å²) < 4.78 is 11.3. The van der Waals surface area contributed by atoms with Crippen molar-refractivity contribution in [2.75, 3.05) is 6.61 Å². The molecule has 3 heteroatoms. The van der Waals surface area contributed by atoms with Gasteiger partial charge in [-0.15, -0.1) is 0 Å². The molecule has 2 aliphatic heterocycles. The van der Waals surface area contributed by atoms with E-state index in [9.17, 15) is 5.11 Å². The summed E-state index contributed by atoms with van der Waals surface area (Å²) in [6.45, 7) is 0.811. The number of ether oxygens (including phenoxy) is 2. The van der Waals surface area contributed by atoms with E-state index in [1.807, 2.05) is 0 Å². The molecule has 74 valence electrons. The van der Waals surface area contributed by atoms with Crippen molar-refractivity contribution in [3.63, 3.8) is 0 Å². The first-order valence-corrected chi connectivity index (χ1v) is 5.31. The van der Waals surface area contributed by atoms with Crippen molar-refractivity contribution in [1.82, 2.24) is 0 Å². The van der Waals surface area contributed by atoms with Crippen molar-refractivity contribution >= 4 is 0 Å². The molecule has 13 heavy (non-hydrogen) atoms. The lowest BCUT2D eigenvalue weighted by molar-refractivity contribution is -0.124. The summed E-state index contributed by atoms with van der Waals surface area (Å²) in [4.78, 5) is 0. The van der Waals surface area contributed by atoms with Gasteiger partial charge in [0.2, 0.25) is 0 Å². The van der Waals surface area contributed by atoms with Crippen LogP contribution in [-0.4, -0.2) is 30.2 Å². The van der Waals surface area contributed by atoms with Gasteiger partial charge in [-0.05, 0) is 25.7 Å². The zero-order chi connectivity index (χ0) is 8.84. The number of hydrogen-bond acceptors (Lipinski definition) is 3. The van der Waals surface area contributed by atoms with Gasteiger partial charge in [0.05, 0.1) is 18.8 Å². The average molecular weight is 184 g/mol. The minimum absolute atomic E-state index is 0.00255. The Labute approximate surface area is 78.0 Å². The predicted molar refractivity (Wildman–Crippen MR) is 46.1 cm³/mol. The average Bonchev–Trinajstić information content (AvgIpc) is 2.62. The van der Waals surface area contributed by atoms with E-state index in [1.54, 1.807) is 0 Å². The van der Waals surface area contributed by atoms with Gasteiger partial charge in [0.15, 0.2) is 6.29 Å². The summed E-state index contributed by atoms with van der Waals surface area (Å²) in [5.74, 6) is 0.835. The topological polar surface area (TPSA) is 38.7 Å². The Balaban J connectivity index is 1.83. The number of fused-ring (bicyclic) bond motifs is 3. The Hall–Kier alpha value is -0.120. The van der Waals surface area contributed by atoms with E-state index in [2.05, 4.69) is 0 Å². The maximum atomic E-state index is 9.89. The molecule has 1 N–H and O–H groups in total. The normalized spacial score (nSPS) is 54.7. The Morgan fingerprint density at radius 2 is 2.08 bits per heavy atom. The number of aliphatic hydroxyl groups is 1. The van der Waals surface area contributed by atoms with E-state index < -0.39 is 0 Å². The highest BCUT2D eigenvalue weighted by Gasteiger charge is 2.51. The third kappa shape index (κ3) is 1.14. The van der Waals surface area contributed by atoms with Crippen molar-refractivity contribution in [3.05, 3.63) is 0 Å². The highest BCUT2D eigenvalue weighted by Crippen LogP contribution is 2.46. The second-order valence-electron chi connectivity index (χ2n) is 4.44. The third-order valence-corrected chi connectivity index (χ3v) is 3.75. The zero-order valence-electron chi connectivity index (χ0n) is 7.69. The monoisotopic (exact) mass is 184 g/mol. The van der Waals surface area contributed by atoms with Gasteiger partial charge in [-0.25, -0.2) is 0 Å². The molecular weight excluding hydrogens is 168 g/mol. The molecule has 5 atom stereocenters. The molecule has 3 aliphatic rings. The molecule has 3 fully saturated rings. The van der Waals surface area contributed by atoms with Crippen LogP contribution in [0.1, 0.15) is 25.7 Å². The molecule has 0 aromatic rings. The molecule has 2 heterocycles. The lowest BCUT2D eigenvalue weighted by atomic mass is 9.77. The Bertz CT molecular complexity index is 206. The molecule has 0 bridgehead atoms. The molecule has 3 rings (SSSR count). The van der Waals surface area contributed by atoms with Gasteiger partial charge >= 0.3 is 0 Å². The van der Waals surface area contributed by atoms with Crippen molar-refractivity contribution in [2.45, 2.75) is 44.2 Å². The smallest absolute Gasteiger partial charge is 0.161 e. The van der Waals surface area contributed by atoms with E-state index in [0.29, 0.717) is 11.8 Å². The second-order valence-corrected chi connectivity index (χ2v) is 4.44. The standard InChI is InChI=1S/C10H16O3/c11-7-2-1-3-8-9(7)6-4-5-12-10(6)13-8/h6-11H,1-5H2/t6-,7+,8-,9+,10+/m1/s1. The number of rotatable bonds is 0. The molecule has 0 radical (unpaired) electrons. The maximum absolute atomic E-state index is 9.89. The van der Waals surface area contributed by atoms with Gasteiger partial charge in [-0.2, -0.15) is 0 Å². The largest absolute Gasteiger partial charge is 0.393 e. The summed E-state index contributed by atoms with van der Waals surface area (Å²) in [5, 5.41) is 9.89. The summed E-state index contributed by atoms with van der Waals surface area (Å²) in [7, 11) is 0. The zero-order valence-corrected chi connectivity index (χ0v) is 7.69. The Kier molecular flexibility index (Phi) is 1.86. The van der Waals surface area contributed by atoms with Gasteiger partial charge in [0.1, 0.15) is 0 Å². The van der Waals surface area contributed by atoms with Crippen LogP contribution in [0.25, 0.3) is 0 Å². The first-order chi connectivity index (χ1) is 6.36. The molecule has 0 amide bonds. The van der Waals surface area contributed by atoms with Gasteiger partial charge in [0.25, 0.3) is 0 Å².